The van der Waals surface area contributed by atoms with Crippen molar-refractivity contribution < 1.29 is 9.53 Å². The smallest absolute Gasteiger partial charge is 0.407 e. The van der Waals surface area contributed by atoms with Gasteiger partial charge in [-0.1, -0.05) is 30.3 Å². The van der Waals surface area contributed by atoms with Gasteiger partial charge in [-0.25, -0.2) is 4.79 Å². The van der Waals surface area contributed by atoms with Crippen LogP contribution in [0.2, 0.25) is 0 Å². The summed E-state index contributed by atoms with van der Waals surface area (Å²) in [5.74, 6) is 0. The Balaban J connectivity index is 1.66. The fourth-order valence-electron chi connectivity index (χ4n) is 1.58. The van der Waals surface area contributed by atoms with Crippen molar-refractivity contribution in [3.8, 4) is 0 Å². The zero-order chi connectivity index (χ0) is 13.5. The van der Waals surface area contributed by atoms with Crippen LogP contribution in [0, 0.1) is 0 Å². The first-order valence-corrected chi connectivity index (χ1v) is 5.95. The lowest BCUT2D eigenvalue weighted by Gasteiger charge is -2.06. The molecular formula is C13H15N3O3. The number of nitrogens with one attached hydrogen (secondary N) is 3. The Morgan fingerprint density at radius 2 is 2.00 bits per heavy atom. The highest BCUT2D eigenvalue weighted by Gasteiger charge is 2.02. The van der Waals surface area contributed by atoms with Gasteiger partial charge in [-0.05, 0) is 5.56 Å². The minimum absolute atomic E-state index is 0.179. The van der Waals surface area contributed by atoms with Crippen LogP contribution >= 0.6 is 0 Å². The number of hydrogen-bond donors (Lipinski definition) is 3. The molecule has 0 unspecified atom stereocenters. The number of aromatic nitrogens is 2. The highest BCUT2D eigenvalue weighted by molar-refractivity contribution is 5.67. The van der Waals surface area contributed by atoms with Gasteiger partial charge in [0.15, 0.2) is 0 Å². The van der Waals surface area contributed by atoms with E-state index < -0.39 is 6.09 Å². The van der Waals surface area contributed by atoms with E-state index >= 15 is 0 Å². The number of benzene rings is 1. The Morgan fingerprint density at radius 3 is 2.68 bits per heavy atom. The van der Waals surface area contributed by atoms with Gasteiger partial charge in [0.2, 0.25) is 0 Å². The lowest BCUT2D eigenvalue weighted by atomic mass is 10.2. The van der Waals surface area contributed by atoms with Gasteiger partial charge in [0.05, 0.1) is 0 Å². The molecule has 6 heteroatoms. The number of amides is 1. The van der Waals surface area contributed by atoms with E-state index in [1.165, 1.54) is 6.07 Å². The molecule has 6 nitrogen and oxygen atoms in total. The first-order valence-electron chi connectivity index (χ1n) is 5.95. The molecule has 0 aliphatic carbocycles. The standard InChI is InChI=1S/C13H15N3O3/c17-12-8-11(15-16-12)6-7-14-13(18)19-9-10-4-2-1-3-5-10/h1-5,8H,6-7,9H2,(H,14,18)(H2,15,16,17). The lowest BCUT2D eigenvalue weighted by Crippen LogP contribution is -2.26. The molecule has 1 aromatic carbocycles. The molecule has 0 radical (unpaired) electrons. The predicted octanol–water partition coefficient (Wildman–Crippen LogP) is 1.17. The Morgan fingerprint density at radius 1 is 1.21 bits per heavy atom. The fourth-order valence-corrected chi connectivity index (χ4v) is 1.58. The quantitative estimate of drug-likeness (QED) is 0.755. The zero-order valence-corrected chi connectivity index (χ0v) is 10.3. The van der Waals surface area contributed by atoms with Gasteiger partial charge >= 0.3 is 6.09 Å². The van der Waals surface area contributed by atoms with Crippen LogP contribution in [0.15, 0.2) is 41.2 Å². The third-order valence-corrected chi connectivity index (χ3v) is 2.53. The summed E-state index contributed by atoms with van der Waals surface area (Å²) in [4.78, 5) is 22.2. The number of carbonyl (C=O) groups is 1. The topological polar surface area (TPSA) is 87.0 Å². The third-order valence-electron chi connectivity index (χ3n) is 2.53. The first kappa shape index (κ1) is 12.9. The van der Waals surface area contributed by atoms with E-state index in [-0.39, 0.29) is 12.2 Å². The van der Waals surface area contributed by atoms with Crippen LogP contribution < -0.4 is 10.9 Å². The molecule has 3 N–H and O–H groups in total. The molecule has 0 atom stereocenters. The SMILES string of the molecule is O=C(NCCc1cc(=O)[nH][nH]1)OCc1ccccc1. The second-order valence-corrected chi connectivity index (χ2v) is 4.02. The highest BCUT2D eigenvalue weighted by Crippen LogP contribution is 2.00. The van der Waals surface area contributed by atoms with Gasteiger partial charge in [-0.2, -0.15) is 0 Å². The van der Waals surface area contributed by atoms with Gasteiger partial charge < -0.3 is 15.2 Å². The van der Waals surface area contributed by atoms with Crippen LogP contribution in [0.1, 0.15) is 11.3 Å². The summed E-state index contributed by atoms with van der Waals surface area (Å²) in [6.45, 7) is 0.648. The van der Waals surface area contributed by atoms with E-state index in [0.717, 1.165) is 11.3 Å². The molecule has 0 fully saturated rings. The average Bonchev–Trinajstić information content (AvgIpc) is 2.83. The molecule has 1 heterocycles. The molecule has 19 heavy (non-hydrogen) atoms. The van der Waals surface area contributed by atoms with Crippen molar-refractivity contribution in [3.05, 3.63) is 58.0 Å². The van der Waals surface area contributed by atoms with Gasteiger partial charge in [-0.15, -0.1) is 0 Å². The summed E-state index contributed by atoms with van der Waals surface area (Å²) in [5.41, 5.74) is 1.50. The molecule has 0 aliphatic heterocycles. The van der Waals surface area contributed by atoms with Crippen LogP contribution in [0.4, 0.5) is 4.79 Å². The fraction of sp³-hybridized carbons (Fsp3) is 0.231. The average molecular weight is 261 g/mol. The molecule has 1 amide bonds. The van der Waals surface area contributed by atoms with E-state index in [4.69, 9.17) is 4.74 Å². The van der Waals surface area contributed by atoms with Crippen LogP contribution in [0.25, 0.3) is 0 Å². The van der Waals surface area contributed by atoms with Crippen molar-refractivity contribution in [1.82, 2.24) is 15.5 Å². The van der Waals surface area contributed by atoms with Gasteiger partial charge in [0, 0.05) is 24.7 Å². The minimum atomic E-state index is -0.471. The molecule has 1 aromatic heterocycles. The van der Waals surface area contributed by atoms with Gasteiger partial charge in [-0.3, -0.25) is 9.89 Å². The largest absolute Gasteiger partial charge is 0.445 e. The number of H-pyrrole nitrogens is 2. The molecule has 0 saturated carbocycles. The van der Waals surface area contributed by atoms with Crippen molar-refractivity contribution >= 4 is 6.09 Å². The van der Waals surface area contributed by atoms with E-state index in [1.807, 2.05) is 30.3 Å². The van der Waals surface area contributed by atoms with Crippen LogP contribution in [-0.4, -0.2) is 22.8 Å². The van der Waals surface area contributed by atoms with Crippen LogP contribution in [0.5, 0.6) is 0 Å². The molecule has 0 aliphatic rings. The first-order chi connectivity index (χ1) is 9.24. The van der Waals surface area contributed by atoms with Crippen LogP contribution in [-0.2, 0) is 17.8 Å². The second-order valence-electron chi connectivity index (χ2n) is 4.02. The molecule has 0 bridgehead atoms. The maximum absolute atomic E-state index is 11.4. The van der Waals surface area contributed by atoms with Gasteiger partial charge in [0.1, 0.15) is 6.61 Å². The molecule has 2 aromatic rings. The molecule has 100 valence electrons. The monoisotopic (exact) mass is 261 g/mol. The van der Waals surface area contributed by atoms with Crippen LogP contribution in [0.3, 0.4) is 0 Å². The summed E-state index contributed by atoms with van der Waals surface area (Å²) in [7, 11) is 0. The van der Waals surface area contributed by atoms with Gasteiger partial charge in [0.25, 0.3) is 5.56 Å². The number of alkyl carbamates (subject to hydrolysis) is 1. The number of rotatable bonds is 5. The zero-order valence-electron chi connectivity index (χ0n) is 10.3. The summed E-state index contributed by atoms with van der Waals surface area (Å²) >= 11 is 0. The lowest BCUT2D eigenvalue weighted by molar-refractivity contribution is 0.140. The maximum atomic E-state index is 11.4. The summed E-state index contributed by atoms with van der Waals surface area (Å²) in [6.07, 6.45) is 0.0702. The molecular weight excluding hydrogens is 246 g/mol. The third kappa shape index (κ3) is 4.34. The second kappa shape index (κ2) is 6.44. The van der Waals surface area contributed by atoms with E-state index in [9.17, 15) is 9.59 Å². The highest BCUT2D eigenvalue weighted by atomic mass is 16.5. The molecule has 0 spiro atoms. The Labute approximate surface area is 109 Å². The maximum Gasteiger partial charge on any atom is 0.407 e. The summed E-state index contributed by atoms with van der Waals surface area (Å²) in [5, 5.41) is 7.75. The summed E-state index contributed by atoms with van der Waals surface area (Å²) in [6, 6.07) is 10.9. The van der Waals surface area contributed by atoms with E-state index in [2.05, 4.69) is 15.5 Å². The van der Waals surface area contributed by atoms with Crippen molar-refractivity contribution in [1.29, 1.82) is 0 Å². The van der Waals surface area contributed by atoms with Crippen molar-refractivity contribution in [2.24, 2.45) is 0 Å². The van der Waals surface area contributed by atoms with E-state index in [0.29, 0.717) is 13.0 Å². The minimum Gasteiger partial charge on any atom is -0.445 e. The summed E-state index contributed by atoms with van der Waals surface area (Å²) < 4.78 is 5.04. The Kier molecular flexibility index (Phi) is 4.39. The van der Waals surface area contributed by atoms with Crippen molar-refractivity contribution in [2.45, 2.75) is 13.0 Å². The van der Waals surface area contributed by atoms with Crippen molar-refractivity contribution in [3.63, 3.8) is 0 Å². The van der Waals surface area contributed by atoms with Crippen molar-refractivity contribution in [2.75, 3.05) is 6.54 Å². The Bertz CT molecular complexity index is 574. The number of aromatic amines is 2. The molecule has 0 saturated heterocycles. The number of carbonyl (C=O) groups excluding carboxylic acids is 1. The Hall–Kier alpha value is -2.50. The normalized spacial score (nSPS) is 10.1. The predicted molar refractivity (Wildman–Crippen MR) is 69.7 cm³/mol. The number of ether oxygens (including phenoxy) is 1. The van der Waals surface area contributed by atoms with E-state index in [1.54, 1.807) is 0 Å². The number of hydrogen-bond acceptors (Lipinski definition) is 3. The molecule has 2 rings (SSSR count).